The van der Waals surface area contributed by atoms with Crippen LogP contribution in [0.1, 0.15) is 5.56 Å². The van der Waals surface area contributed by atoms with Gasteiger partial charge in [-0.05, 0) is 51.8 Å². The predicted octanol–water partition coefficient (Wildman–Crippen LogP) is 3.80. The van der Waals surface area contributed by atoms with E-state index < -0.39 is 0 Å². The summed E-state index contributed by atoms with van der Waals surface area (Å²) in [6.45, 7) is 0.267. The van der Waals surface area contributed by atoms with Crippen LogP contribution in [0.5, 0.6) is 5.75 Å². The topological polar surface area (TPSA) is 74.2 Å². The maximum atomic E-state index is 13.1. The van der Waals surface area contributed by atoms with Crippen LogP contribution in [0.2, 0.25) is 0 Å². The molecule has 0 aliphatic carbocycles. The largest absolute Gasteiger partial charge is 0.488 e. The van der Waals surface area contributed by atoms with E-state index >= 15 is 0 Å². The van der Waals surface area contributed by atoms with Crippen LogP contribution in [-0.2, 0) is 6.61 Å². The fourth-order valence-electron chi connectivity index (χ4n) is 1.89. The summed E-state index contributed by atoms with van der Waals surface area (Å²) in [5.41, 5.74) is 6.87. The Kier molecular flexibility index (Phi) is 4.06. The molecule has 0 amide bonds. The summed E-state index contributed by atoms with van der Waals surface area (Å²) < 4.78 is 24.7. The highest BCUT2D eigenvalue weighted by molar-refractivity contribution is 9.10. The smallest absolute Gasteiger partial charge is 0.313 e. The van der Waals surface area contributed by atoms with Crippen LogP contribution >= 0.6 is 15.9 Å². The number of aromatic nitrogens is 2. The lowest BCUT2D eigenvalue weighted by Crippen LogP contribution is -1.96. The Balaban J connectivity index is 1.75. The molecule has 0 saturated carbocycles. The molecule has 3 aromatic rings. The van der Waals surface area contributed by atoms with Crippen molar-refractivity contribution in [3.8, 4) is 17.2 Å². The number of nitrogens with two attached hydrogens (primary N) is 1. The lowest BCUT2D eigenvalue weighted by atomic mass is 10.2. The zero-order valence-corrected chi connectivity index (χ0v) is 12.9. The van der Waals surface area contributed by atoms with Gasteiger partial charge in [0.25, 0.3) is 0 Å². The van der Waals surface area contributed by atoms with E-state index in [1.54, 1.807) is 30.3 Å². The van der Waals surface area contributed by atoms with E-state index in [1.165, 1.54) is 12.1 Å². The van der Waals surface area contributed by atoms with E-state index in [1.807, 2.05) is 0 Å². The third-order valence-electron chi connectivity index (χ3n) is 2.90. The molecule has 22 heavy (non-hydrogen) atoms. The van der Waals surface area contributed by atoms with Crippen molar-refractivity contribution >= 4 is 21.9 Å². The Labute approximate surface area is 134 Å². The van der Waals surface area contributed by atoms with E-state index in [4.69, 9.17) is 14.9 Å². The molecule has 0 radical (unpaired) electrons. The lowest BCUT2D eigenvalue weighted by molar-refractivity contribution is 0.303. The first-order chi connectivity index (χ1) is 10.6. The molecule has 2 aromatic carbocycles. The lowest BCUT2D eigenvalue weighted by Gasteiger charge is -2.09. The molecule has 2 N–H and O–H groups in total. The number of benzene rings is 2. The molecule has 5 nitrogen and oxygen atoms in total. The van der Waals surface area contributed by atoms with Crippen LogP contribution in [0.15, 0.2) is 51.4 Å². The summed E-state index contributed by atoms with van der Waals surface area (Å²) in [6, 6.07) is 11.6. The van der Waals surface area contributed by atoms with Gasteiger partial charge in [-0.3, -0.25) is 0 Å². The minimum atomic E-state index is -0.288. The Morgan fingerprint density at radius 1 is 1.18 bits per heavy atom. The van der Waals surface area contributed by atoms with Gasteiger partial charge in [0.05, 0.1) is 4.47 Å². The molecule has 0 saturated heterocycles. The van der Waals surface area contributed by atoms with Crippen LogP contribution in [0.4, 0.5) is 10.4 Å². The number of hydrogen-bond donors (Lipinski definition) is 1. The Hall–Kier alpha value is -2.41. The number of nitrogens with zero attached hydrogens (tertiary/aromatic N) is 2. The van der Waals surface area contributed by atoms with E-state index in [-0.39, 0.29) is 18.4 Å². The molecule has 0 aliphatic rings. The minimum Gasteiger partial charge on any atom is -0.488 e. The zero-order chi connectivity index (χ0) is 15.5. The standard InChI is InChI=1S/C15H11BrFN3O2/c16-12-7-10(14-19-20-15(18)22-14)4-5-13(12)21-8-9-2-1-3-11(17)6-9/h1-7H,8H2,(H2,18,20). The van der Waals surface area contributed by atoms with Crippen molar-refractivity contribution in [1.82, 2.24) is 10.2 Å². The van der Waals surface area contributed by atoms with Crippen molar-refractivity contribution in [2.24, 2.45) is 0 Å². The summed E-state index contributed by atoms with van der Waals surface area (Å²) in [7, 11) is 0. The van der Waals surface area contributed by atoms with Crippen molar-refractivity contribution in [3.05, 3.63) is 58.3 Å². The Bertz CT molecular complexity index is 807. The molecular weight excluding hydrogens is 353 g/mol. The summed E-state index contributed by atoms with van der Waals surface area (Å²) in [5, 5.41) is 7.42. The molecule has 1 heterocycles. The summed E-state index contributed by atoms with van der Waals surface area (Å²) in [5.74, 6) is 0.667. The predicted molar refractivity (Wildman–Crippen MR) is 82.6 cm³/mol. The van der Waals surface area contributed by atoms with E-state index in [0.717, 1.165) is 10.0 Å². The van der Waals surface area contributed by atoms with Gasteiger partial charge < -0.3 is 14.9 Å². The highest BCUT2D eigenvalue weighted by atomic mass is 79.9. The maximum Gasteiger partial charge on any atom is 0.313 e. The molecule has 0 fully saturated rings. The van der Waals surface area contributed by atoms with Crippen LogP contribution in [0.3, 0.4) is 0 Å². The maximum absolute atomic E-state index is 13.1. The Morgan fingerprint density at radius 2 is 2.05 bits per heavy atom. The van der Waals surface area contributed by atoms with E-state index in [2.05, 4.69) is 26.1 Å². The summed E-state index contributed by atoms with van der Waals surface area (Å²) in [6.07, 6.45) is 0. The van der Waals surface area contributed by atoms with Gasteiger partial charge in [0.1, 0.15) is 18.2 Å². The molecule has 0 aliphatic heterocycles. The third-order valence-corrected chi connectivity index (χ3v) is 3.52. The SMILES string of the molecule is Nc1nnc(-c2ccc(OCc3cccc(F)c3)c(Br)c2)o1. The second-order valence-corrected chi connectivity index (χ2v) is 5.36. The van der Waals surface area contributed by atoms with Gasteiger partial charge in [-0.1, -0.05) is 17.2 Å². The summed E-state index contributed by atoms with van der Waals surface area (Å²) in [4.78, 5) is 0. The second kappa shape index (κ2) is 6.15. The van der Waals surface area contributed by atoms with Gasteiger partial charge in [0.15, 0.2) is 0 Å². The molecule has 112 valence electrons. The highest BCUT2D eigenvalue weighted by Crippen LogP contribution is 2.31. The van der Waals surface area contributed by atoms with Gasteiger partial charge in [-0.2, -0.15) is 0 Å². The average Bonchev–Trinajstić information content (AvgIpc) is 2.93. The number of rotatable bonds is 4. The highest BCUT2D eigenvalue weighted by Gasteiger charge is 2.10. The number of nitrogen functional groups attached to an aromatic ring is 1. The van der Waals surface area contributed by atoms with Crippen molar-refractivity contribution in [2.45, 2.75) is 6.61 Å². The van der Waals surface area contributed by atoms with Gasteiger partial charge in [-0.25, -0.2) is 4.39 Å². The molecule has 0 bridgehead atoms. The van der Waals surface area contributed by atoms with Crippen LogP contribution in [0, 0.1) is 5.82 Å². The zero-order valence-electron chi connectivity index (χ0n) is 11.3. The van der Waals surface area contributed by atoms with Crippen molar-refractivity contribution < 1.29 is 13.5 Å². The second-order valence-electron chi connectivity index (χ2n) is 4.51. The first kappa shape index (κ1) is 14.5. The molecule has 0 unspecified atom stereocenters. The fraction of sp³-hybridized carbons (Fsp3) is 0.0667. The average molecular weight is 364 g/mol. The number of hydrogen-bond acceptors (Lipinski definition) is 5. The third kappa shape index (κ3) is 3.25. The van der Waals surface area contributed by atoms with Crippen LogP contribution in [-0.4, -0.2) is 10.2 Å². The monoisotopic (exact) mass is 363 g/mol. The van der Waals surface area contributed by atoms with Crippen molar-refractivity contribution in [3.63, 3.8) is 0 Å². The van der Waals surface area contributed by atoms with Crippen molar-refractivity contribution in [2.75, 3.05) is 5.73 Å². The van der Waals surface area contributed by atoms with Gasteiger partial charge in [-0.15, -0.1) is 5.10 Å². The normalized spacial score (nSPS) is 10.6. The number of ether oxygens (including phenoxy) is 1. The summed E-state index contributed by atoms with van der Waals surface area (Å²) >= 11 is 3.42. The van der Waals surface area contributed by atoms with Gasteiger partial charge in [0, 0.05) is 5.56 Å². The Morgan fingerprint density at radius 3 is 2.73 bits per heavy atom. The van der Waals surface area contributed by atoms with Gasteiger partial charge in [0.2, 0.25) is 5.89 Å². The molecule has 1 aromatic heterocycles. The first-order valence-electron chi connectivity index (χ1n) is 6.38. The molecule has 0 atom stereocenters. The molecule has 3 rings (SSSR count). The number of anilines is 1. The quantitative estimate of drug-likeness (QED) is 0.762. The molecular formula is C15H11BrFN3O2. The van der Waals surface area contributed by atoms with Crippen molar-refractivity contribution in [1.29, 1.82) is 0 Å². The van der Waals surface area contributed by atoms with E-state index in [0.29, 0.717) is 17.2 Å². The first-order valence-corrected chi connectivity index (χ1v) is 7.17. The fourth-order valence-corrected chi connectivity index (χ4v) is 2.38. The molecule has 0 spiro atoms. The van der Waals surface area contributed by atoms with Crippen LogP contribution < -0.4 is 10.5 Å². The van der Waals surface area contributed by atoms with Crippen LogP contribution in [0.25, 0.3) is 11.5 Å². The van der Waals surface area contributed by atoms with Gasteiger partial charge >= 0.3 is 6.01 Å². The van der Waals surface area contributed by atoms with E-state index in [9.17, 15) is 4.39 Å². The minimum absolute atomic E-state index is 0.0116. The molecule has 7 heteroatoms. The number of halogens is 2.